The van der Waals surface area contributed by atoms with Crippen LogP contribution in [0.5, 0.6) is 0 Å². The zero-order valence-corrected chi connectivity index (χ0v) is 14.5. The van der Waals surface area contributed by atoms with Gasteiger partial charge in [-0.25, -0.2) is 0 Å². The first-order valence-corrected chi connectivity index (χ1v) is 8.66. The molecule has 4 rings (SSSR count). The second-order valence-corrected chi connectivity index (χ2v) is 8.48. The molecule has 1 amide bonds. The van der Waals surface area contributed by atoms with Crippen LogP contribution in [-0.4, -0.2) is 22.9 Å². The monoisotopic (exact) mass is 358 g/mol. The maximum atomic E-state index is 13.0. The number of carbonyl (C=O) groups is 1. The van der Waals surface area contributed by atoms with Crippen LogP contribution >= 0.6 is 15.9 Å². The van der Waals surface area contributed by atoms with E-state index in [4.69, 9.17) is 0 Å². The molecule has 3 aliphatic rings. The highest BCUT2D eigenvalue weighted by atomic mass is 79.9. The number of hydrogen-bond acceptors (Lipinski definition) is 2. The van der Waals surface area contributed by atoms with Crippen molar-refractivity contribution in [2.75, 3.05) is 6.54 Å². The van der Waals surface area contributed by atoms with Crippen molar-refractivity contribution >= 4 is 21.8 Å². The number of carbonyl (C=O) groups excluding carboxylic acids is 1. The van der Waals surface area contributed by atoms with E-state index in [1.54, 1.807) is 0 Å². The van der Waals surface area contributed by atoms with E-state index in [9.17, 15) is 10.1 Å². The average Bonchev–Trinajstić information content (AvgIpc) is 2.96. The fourth-order valence-electron chi connectivity index (χ4n) is 5.50. The minimum atomic E-state index is -0.616. The number of nitriles is 1. The molecule has 2 saturated carbocycles. The van der Waals surface area contributed by atoms with Crippen molar-refractivity contribution in [1.29, 1.82) is 5.26 Å². The quantitative estimate of drug-likeness (QED) is 0.761. The largest absolute Gasteiger partial charge is 0.319 e. The first kappa shape index (κ1) is 14.3. The average molecular weight is 359 g/mol. The zero-order valence-electron chi connectivity index (χ0n) is 12.9. The molecule has 0 radical (unpaired) electrons. The van der Waals surface area contributed by atoms with Crippen molar-refractivity contribution in [3.05, 3.63) is 34.3 Å². The van der Waals surface area contributed by atoms with Crippen molar-refractivity contribution in [3.63, 3.8) is 0 Å². The SMILES string of the molecule is CC12CN(C(=O)c3ccc(Br)cc3)C3(C#N)CC1CCC23C. The summed E-state index contributed by atoms with van der Waals surface area (Å²) in [6, 6.07) is 10.0. The zero-order chi connectivity index (χ0) is 15.8. The van der Waals surface area contributed by atoms with E-state index in [-0.39, 0.29) is 16.7 Å². The van der Waals surface area contributed by atoms with Gasteiger partial charge in [-0.05, 0) is 54.9 Å². The lowest BCUT2D eigenvalue weighted by atomic mass is 9.66. The summed E-state index contributed by atoms with van der Waals surface area (Å²) in [4.78, 5) is 14.9. The Bertz CT molecular complexity index is 709. The molecule has 1 aliphatic heterocycles. The Hall–Kier alpha value is -1.34. The van der Waals surface area contributed by atoms with E-state index in [0.29, 0.717) is 11.5 Å². The minimum Gasteiger partial charge on any atom is -0.319 e. The fraction of sp³-hybridized carbons (Fsp3) is 0.556. The van der Waals surface area contributed by atoms with Gasteiger partial charge >= 0.3 is 0 Å². The van der Waals surface area contributed by atoms with E-state index >= 15 is 0 Å². The minimum absolute atomic E-state index is 0.00403. The van der Waals surface area contributed by atoms with Crippen LogP contribution < -0.4 is 0 Å². The third kappa shape index (κ3) is 1.35. The highest BCUT2D eigenvalue weighted by molar-refractivity contribution is 9.10. The summed E-state index contributed by atoms with van der Waals surface area (Å²) in [5.74, 6) is 0.593. The molecule has 3 fully saturated rings. The third-order valence-electron chi connectivity index (χ3n) is 7.08. The van der Waals surface area contributed by atoms with E-state index in [1.165, 1.54) is 6.42 Å². The molecule has 1 saturated heterocycles. The molecule has 1 heterocycles. The van der Waals surface area contributed by atoms with Gasteiger partial charge in [-0.15, -0.1) is 0 Å². The van der Waals surface area contributed by atoms with Crippen LogP contribution in [0.15, 0.2) is 28.7 Å². The summed E-state index contributed by atoms with van der Waals surface area (Å²) < 4.78 is 0.958. The molecule has 0 N–H and O–H groups in total. The van der Waals surface area contributed by atoms with Crippen LogP contribution in [0.1, 0.15) is 43.5 Å². The van der Waals surface area contributed by atoms with Crippen LogP contribution in [0.2, 0.25) is 0 Å². The van der Waals surface area contributed by atoms with Gasteiger partial charge in [0.15, 0.2) is 0 Å². The molecule has 4 heteroatoms. The van der Waals surface area contributed by atoms with Gasteiger partial charge in [0.05, 0.1) is 6.07 Å². The molecule has 4 bridgehead atoms. The Labute approximate surface area is 139 Å². The fourth-order valence-corrected chi connectivity index (χ4v) is 5.77. The van der Waals surface area contributed by atoms with Crippen molar-refractivity contribution in [1.82, 2.24) is 4.90 Å². The van der Waals surface area contributed by atoms with Crippen LogP contribution in [-0.2, 0) is 0 Å². The summed E-state index contributed by atoms with van der Waals surface area (Å²) in [6.07, 6.45) is 3.11. The number of hydrogen-bond donors (Lipinski definition) is 0. The normalized spacial score (nSPS) is 41.7. The van der Waals surface area contributed by atoms with Crippen LogP contribution in [0.25, 0.3) is 0 Å². The Morgan fingerprint density at radius 1 is 1.36 bits per heavy atom. The molecule has 22 heavy (non-hydrogen) atoms. The Morgan fingerprint density at radius 2 is 2.05 bits per heavy atom. The molecule has 114 valence electrons. The number of amides is 1. The first-order valence-electron chi connectivity index (χ1n) is 7.87. The summed E-state index contributed by atoms with van der Waals surface area (Å²) in [7, 11) is 0. The Kier molecular flexibility index (Phi) is 2.68. The number of likely N-dealkylation sites (tertiary alicyclic amines) is 1. The number of nitrogens with zero attached hydrogens (tertiary/aromatic N) is 2. The van der Waals surface area contributed by atoms with E-state index in [1.807, 2.05) is 29.2 Å². The topological polar surface area (TPSA) is 44.1 Å². The molecule has 3 nitrogen and oxygen atoms in total. The molecule has 2 aliphatic carbocycles. The van der Waals surface area contributed by atoms with Crippen LogP contribution in [0, 0.1) is 28.1 Å². The number of rotatable bonds is 1. The summed E-state index contributed by atoms with van der Waals surface area (Å²) in [6.45, 7) is 5.24. The van der Waals surface area contributed by atoms with Gasteiger partial charge in [-0.2, -0.15) is 5.26 Å². The highest BCUT2D eigenvalue weighted by Gasteiger charge is 2.78. The molecule has 4 unspecified atom stereocenters. The Balaban J connectivity index is 1.78. The predicted octanol–water partition coefficient (Wildman–Crippen LogP) is 3.99. The molecular weight excluding hydrogens is 340 g/mol. The molecule has 1 aromatic rings. The lowest BCUT2D eigenvalue weighted by molar-refractivity contribution is 0.0430. The predicted molar refractivity (Wildman–Crippen MR) is 87.1 cm³/mol. The number of piperidine rings is 1. The molecule has 4 atom stereocenters. The smallest absolute Gasteiger partial charge is 0.255 e. The van der Waals surface area contributed by atoms with Crippen molar-refractivity contribution in [3.8, 4) is 6.07 Å². The highest BCUT2D eigenvalue weighted by Crippen LogP contribution is 2.75. The standard InChI is InChI=1S/C18H19BrN2O/c1-16-11-21(15(22)12-3-5-14(19)6-4-12)18(10-20)9-13(16)7-8-17(16,18)2/h3-6,13H,7-9,11H2,1-2H3. The van der Waals surface area contributed by atoms with E-state index < -0.39 is 5.54 Å². The number of halogens is 1. The van der Waals surface area contributed by atoms with Crippen LogP contribution in [0.4, 0.5) is 0 Å². The van der Waals surface area contributed by atoms with Crippen LogP contribution in [0.3, 0.4) is 0 Å². The molecular formula is C18H19BrN2O. The lowest BCUT2D eigenvalue weighted by Crippen LogP contribution is -2.54. The number of benzene rings is 1. The van der Waals surface area contributed by atoms with Gasteiger partial charge in [0.25, 0.3) is 5.91 Å². The first-order chi connectivity index (χ1) is 10.4. The van der Waals surface area contributed by atoms with Gasteiger partial charge < -0.3 is 4.90 Å². The van der Waals surface area contributed by atoms with Gasteiger partial charge in [-0.3, -0.25) is 4.79 Å². The summed E-state index contributed by atoms with van der Waals surface area (Å²) >= 11 is 3.40. The summed E-state index contributed by atoms with van der Waals surface area (Å²) in [5, 5.41) is 10.0. The molecule has 0 aromatic heterocycles. The van der Waals surface area contributed by atoms with E-state index in [2.05, 4.69) is 35.8 Å². The van der Waals surface area contributed by atoms with Gasteiger partial charge in [0.2, 0.25) is 0 Å². The maximum Gasteiger partial charge on any atom is 0.255 e. The Morgan fingerprint density at radius 3 is 2.64 bits per heavy atom. The molecule has 0 spiro atoms. The van der Waals surface area contributed by atoms with E-state index in [0.717, 1.165) is 23.9 Å². The van der Waals surface area contributed by atoms with Crippen molar-refractivity contribution < 1.29 is 4.79 Å². The van der Waals surface area contributed by atoms with Gasteiger partial charge in [-0.1, -0.05) is 29.8 Å². The lowest BCUT2D eigenvalue weighted by Gasteiger charge is -2.43. The van der Waals surface area contributed by atoms with Gasteiger partial charge in [0.1, 0.15) is 5.54 Å². The van der Waals surface area contributed by atoms with Crippen molar-refractivity contribution in [2.45, 2.75) is 38.6 Å². The summed E-state index contributed by atoms with van der Waals surface area (Å²) in [5.41, 5.74) is 0.0842. The molecule has 1 aromatic carbocycles. The second kappa shape index (κ2) is 4.14. The van der Waals surface area contributed by atoms with Crippen molar-refractivity contribution in [2.24, 2.45) is 16.7 Å². The second-order valence-electron chi connectivity index (χ2n) is 7.56. The maximum absolute atomic E-state index is 13.0. The third-order valence-corrected chi connectivity index (χ3v) is 7.61. The van der Waals surface area contributed by atoms with Gasteiger partial charge in [0, 0.05) is 22.0 Å².